The van der Waals surface area contributed by atoms with E-state index in [1.165, 1.54) is 11.3 Å². The van der Waals surface area contributed by atoms with Crippen molar-refractivity contribution < 1.29 is 4.21 Å². The second-order valence-corrected chi connectivity index (χ2v) is 9.32. The molecular formula is C18H22N4OS. The van der Waals surface area contributed by atoms with Crippen LogP contribution in [0.25, 0.3) is 11.4 Å². The topological polar surface area (TPSA) is 59.0 Å². The number of hydrogen-bond acceptors (Lipinski definition) is 5. The Balaban J connectivity index is 1.78. The van der Waals surface area contributed by atoms with Gasteiger partial charge in [0.25, 0.3) is 0 Å². The second kappa shape index (κ2) is 5.92. The summed E-state index contributed by atoms with van der Waals surface area (Å²) in [4.78, 5) is 16.1. The Morgan fingerprint density at radius 1 is 1.17 bits per heavy atom. The fraction of sp³-hybridized carbons (Fsp3) is 0.500. The Labute approximate surface area is 145 Å². The van der Waals surface area contributed by atoms with Gasteiger partial charge in [-0.15, -0.1) is 0 Å². The lowest BCUT2D eigenvalue weighted by atomic mass is 10.1. The van der Waals surface area contributed by atoms with Gasteiger partial charge in [0.1, 0.15) is 5.82 Å². The number of fused-ring (bicyclic) bond motifs is 1. The first kappa shape index (κ1) is 15.7. The maximum atomic E-state index is 12.3. The molecule has 1 aliphatic carbocycles. The Kier molecular flexibility index (Phi) is 3.87. The molecule has 3 heterocycles. The molecule has 0 spiro atoms. The number of pyridine rings is 1. The molecule has 1 unspecified atom stereocenters. The van der Waals surface area contributed by atoms with Crippen LogP contribution < -0.4 is 4.90 Å². The van der Waals surface area contributed by atoms with E-state index in [1.807, 2.05) is 12.1 Å². The van der Waals surface area contributed by atoms with Crippen LogP contribution in [0.15, 0.2) is 24.5 Å². The quantitative estimate of drug-likeness (QED) is 0.839. The zero-order valence-electron chi connectivity index (χ0n) is 14.2. The van der Waals surface area contributed by atoms with Gasteiger partial charge in [-0.05, 0) is 45.2 Å². The van der Waals surface area contributed by atoms with Gasteiger partial charge >= 0.3 is 0 Å². The summed E-state index contributed by atoms with van der Waals surface area (Å²) in [5, 5.41) is 0. The van der Waals surface area contributed by atoms with Crippen LogP contribution >= 0.6 is 0 Å². The molecule has 2 aliphatic rings. The third-order valence-corrected chi connectivity index (χ3v) is 6.80. The van der Waals surface area contributed by atoms with E-state index in [-0.39, 0.29) is 4.75 Å². The molecular weight excluding hydrogens is 320 g/mol. The third-order valence-electron chi connectivity index (χ3n) is 4.88. The molecule has 2 aromatic rings. The smallest absolute Gasteiger partial charge is 0.161 e. The summed E-state index contributed by atoms with van der Waals surface area (Å²) in [7, 11) is -0.778. The number of rotatable bonds is 2. The normalized spacial score (nSPS) is 22.4. The summed E-state index contributed by atoms with van der Waals surface area (Å²) < 4.78 is 12.1. The van der Waals surface area contributed by atoms with Crippen molar-refractivity contribution in [3.8, 4) is 11.4 Å². The van der Waals surface area contributed by atoms with E-state index in [2.05, 4.69) is 23.7 Å². The maximum absolute atomic E-state index is 12.3. The van der Waals surface area contributed by atoms with Gasteiger partial charge in [-0.2, -0.15) is 0 Å². The fourth-order valence-electron chi connectivity index (χ4n) is 3.57. The van der Waals surface area contributed by atoms with E-state index in [0.717, 1.165) is 49.6 Å². The van der Waals surface area contributed by atoms with E-state index in [0.29, 0.717) is 5.75 Å². The first-order valence-electron chi connectivity index (χ1n) is 8.48. The number of anilines is 1. The van der Waals surface area contributed by atoms with Crippen molar-refractivity contribution in [2.75, 3.05) is 23.7 Å². The fourth-order valence-corrected chi connectivity index (χ4v) is 4.80. The number of aromatic nitrogens is 3. The summed E-state index contributed by atoms with van der Waals surface area (Å²) in [6, 6.07) is 3.91. The molecule has 6 heteroatoms. The van der Waals surface area contributed by atoms with Crippen molar-refractivity contribution >= 4 is 16.6 Å². The van der Waals surface area contributed by atoms with Crippen LogP contribution in [0.4, 0.5) is 5.82 Å². The lowest BCUT2D eigenvalue weighted by Crippen LogP contribution is -2.50. The van der Waals surface area contributed by atoms with Gasteiger partial charge in [0.15, 0.2) is 5.82 Å². The molecule has 1 saturated heterocycles. The average molecular weight is 342 g/mol. The van der Waals surface area contributed by atoms with Gasteiger partial charge in [0.2, 0.25) is 0 Å². The summed E-state index contributed by atoms with van der Waals surface area (Å²) >= 11 is 0. The molecule has 1 aliphatic heterocycles. The van der Waals surface area contributed by atoms with Crippen molar-refractivity contribution in [3.63, 3.8) is 0 Å². The standard InChI is InChI=1S/C18H22N4OS/c1-18(2)12-22(10-11-24(18)23)17-14-4-3-5-15(14)20-16(21-17)13-6-8-19-9-7-13/h6-9H,3-5,10-12H2,1-2H3. The van der Waals surface area contributed by atoms with Crippen LogP contribution in [-0.2, 0) is 23.6 Å². The van der Waals surface area contributed by atoms with Crippen LogP contribution in [0.1, 0.15) is 31.5 Å². The Morgan fingerprint density at radius 2 is 1.96 bits per heavy atom. The molecule has 0 radical (unpaired) electrons. The van der Waals surface area contributed by atoms with Crippen LogP contribution in [0.2, 0.25) is 0 Å². The number of aryl methyl sites for hydroxylation is 1. The third kappa shape index (κ3) is 2.73. The minimum Gasteiger partial charge on any atom is -0.354 e. The highest BCUT2D eigenvalue weighted by atomic mass is 32.2. The minimum atomic E-state index is -0.778. The molecule has 0 aromatic carbocycles. The highest BCUT2D eigenvalue weighted by Crippen LogP contribution is 2.33. The van der Waals surface area contributed by atoms with E-state index in [9.17, 15) is 4.21 Å². The largest absolute Gasteiger partial charge is 0.354 e. The Bertz CT molecular complexity index is 791. The summed E-state index contributed by atoms with van der Waals surface area (Å²) in [6.45, 7) is 5.75. The highest BCUT2D eigenvalue weighted by Gasteiger charge is 2.35. The van der Waals surface area contributed by atoms with Crippen molar-refractivity contribution in [1.29, 1.82) is 0 Å². The summed E-state index contributed by atoms with van der Waals surface area (Å²) in [6.07, 6.45) is 6.75. The summed E-state index contributed by atoms with van der Waals surface area (Å²) in [5.74, 6) is 2.53. The van der Waals surface area contributed by atoms with Crippen molar-refractivity contribution in [1.82, 2.24) is 15.0 Å². The van der Waals surface area contributed by atoms with Gasteiger partial charge in [-0.1, -0.05) is 0 Å². The lowest BCUT2D eigenvalue weighted by molar-refractivity contribution is 0.585. The van der Waals surface area contributed by atoms with Gasteiger partial charge in [-0.25, -0.2) is 9.97 Å². The molecule has 5 nitrogen and oxygen atoms in total. The van der Waals surface area contributed by atoms with Gasteiger partial charge in [-0.3, -0.25) is 9.19 Å². The first-order chi connectivity index (χ1) is 11.5. The molecule has 1 atom stereocenters. The molecule has 0 N–H and O–H groups in total. The SMILES string of the molecule is CC1(C)CN(c2nc(-c3ccncc3)nc3c2CCC3)CCS1=O. The zero-order chi connectivity index (χ0) is 16.7. The maximum Gasteiger partial charge on any atom is 0.161 e. The van der Waals surface area contributed by atoms with Crippen molar-refractivity contribution in [2.24, 2.45) is 0 Å². The molecule has 0 saturated carbocycles. The van der Waals surface area contributed by atoms with Gasteiger partial charge in [0.05, 0.1) is 4.75 Å². The predicted molar refractivity (Wildman–Crippen MR) is 96.6 cm³/mol. The van der Waals surface area contributed by atoms with Gasteiger partial charge in [0, 0.05) is 58.9 Å². The molecule has 4 rings (SSSR count). The van der Waals surface area contributed by atoms with E-state index >= 15 is 0 Å². The number of nitrogens with zero attached hydrogens (tertiary/aromatic N) is 4. The Morgan fingerprint density at radius 3 is 2.71 bits per heavy atom. The van der Waals surface area contributed by atoms with Crippen LogP contribution in [0.5, 0.6) is 0 Å². The molecule has 0 bridgehead atoms. The monoisotopic (exact) mass is 342 g/mol. The molecule has 1 fully saturated rings. The van der Waals surface area contributed by atoms with E-state index in [4.69, 9.17) is 9.97 Å². The first-order valence-corrected chi connectivity index (χ1v) is 9.80. The zero-order valence-corrected chi connectivity index (χ0v) is 15.0. The molecule has 2 aromatic heterocycles. The highest BCUT2D eigenvalue weighted by molar-refractivity contribution is 7.86. The summed E-state index contributed by atoms with van der Waals surface area (Å²) in [5.41, 5.74) is 3.47. The van der Waals surface area contributed by atoms with E-state index < -0.39 is 10.8 Å². The Hall–Kier alpha value is -1.82. The van der Waals surface area contributed by atoms with Crippen molar-refractivity contribution in [2.45, 2.75) is 37.9 Å². The predicted octanol–water partition coefficient (Wildman–Crippen LogP) is 2.37. The second-order valence-electron chi connectivity index (χ2n) is 7.12. The average Bonchev–Trinajstić information content (AvgIpc) is 3.06. The van der Waals surface area contributed by atoms with E-state index in [1.54, 1.807) is 12.4 Å². The molecule has 24 heavy (non-hydrogen) atoms. The minimum absolute atomic E-state index is 0.203. The van der Waals surface area contributed by atoms with Crippen LogP contribution in [0, 0.1) is 0 Å². The van der Waals surface area contributed by atoms with Crippen LogP contribution in [0.3, 0.4) is 0 Å². The van der Waals surface area contributed by atoms with Crippen LogP contribution in [-0.4, -0.2) is 42.8 Å². The number of hydrogen-bond donors (Lipinski definition) is 0. The van der Waals surface area contributed by atoms with Gasteiger partial charge < -0.3 is 4.90 Å². The van der Waals surface area contributed by atoms with Crippen molar-refractivity contribution in [3.05, 3.63) is 35.8 Å². The lowest BCUT2D eigenvalue weighted by Gasteiger charge is -2.38. The molecule has 0 amide bonds. The molecule has 126 valence electrons.